The molecular formula is C16H22O4S. The molecule has 0 aliphatic rings. The van der Waals surface area contributed by atoms with Crippen LogP contribution in [0, 0.1) is 5.92 Å². The van der Waals surface area contributed by atoms with Crippen LogP contribution in [0.5, 0.6) is 0 Å². The van der Waals surface area contributed by atoms with Crippen molar-refractivity contribution in [1.29, 1.82) is 0 Å². The molecule has 0 radical (unpaired) electrons. The van der Waals surface area contributed by atoms with Gasteiger partial charge in [-0.25, -0.2) is 0 Å². The summed E-state index contributed by atoms with van der Waals surface area (Å²) < 4.78 is 9.80. The lowest BCUT2D eigenvalue weighted by molar-refractivity contribution is -0.145. The normalized spacial score (nSPS) is 11.9. The first-order valence-electron chi connectivity index (χ1n) is 7.08. The van der Waals surface area contributed by atoms with Gasteiger partial charge >= 0.3 is 5.97 Å². The molecule has 0 aliphatic heterocycles. The first kappa shape index (κ1) is 17.7. The number of esters is 1. The first-order valence-corrected chi connectivity index (χ1v) is 7.90. The molecule has 0 fully saturated rings. The van der Waals surface area contributed by atoms with Gasteiger partial charge in [0.2, 0.25) is 0 Å². The van der Waals surface area contributed by atoms with E-state index < -0.39 is 0 Å². The molecule has 0 amide bonds. The quantitative estimate of drug-likeness (QED) is 0.398. The average Bonchev–Trinajstić information content (AvgIpc) is 2.49. The van der Waals surface area contributed by atoms with Gasteiger partial charge in [0.05, 0.1) is 6.61 Å². The summed E-state index contributed by atoms with van der Waals surface area (Å²) in [6.07, 6.45) is 1.52. The lowest BCUT2D eigenvalue weighted by Crippen LogP contribution is -2.15. The molecule has 1 aromatic rings. The van der Waals surface area contributed by atoms with Crippen LogP contribution in [0.15, 0.2) is 35.2 Å². The van der Waals surface area contributed by atoms with E-state index in [-0.39, 0.29) is 30.0 Å². The molecule has 0 aromatic heterocycles. The standard InChI is InChI=1S/C16H22O4S/c1-3-13(9-10-15(17)20-12-11-19-2)16(18)21-14-7-5-4-6-8-14/h4-8,13H,3,9-12H2,1-2H3/t13-/m0/s1. The second kappa shape index (κ2) is 10.4. The molecule has 0 unspecified atom stereocenters. The fourth-order valence-corrected chi connectivity index (χ4v) is 2.76. The lowest BCUT2D eigenvalue weighted by Gasteiger charge is -2.12. The third-order valence-corrected chi connectivity index (χ3v) is 4.08. The van der Waals surface area contributed by atoms with Gasteiger partial charge in [-0.05, 0) is 25.0 Å². The molecule has 116 valence electrons. The second-order valence-corrected chi connectivity index (χ2v) is 5.67. The summed E-state index contributed by atoms with van der Waals surface area (Å²) in [4.78, 5) is 24.7. The number of rotatable bonds is 9. The predicted molar refractivity (Wildman–Crippen MR) is 83.2 cm³/mol. The molecule has 1 aromatic carbocycles. The Morgan fingerprint density at radius 1 is 1.19 bits per heavy atom. The van der Waals surface area contributed by atoms with Gasteiger partial charge in [-0.15, -0.1) is 0 Å². The zero-order valence-corrected chi connectivity index (χ0v) is 13.4. The zero-order chi connectivity index (χ0) is 15.5. The monoisotopic (exact) mass is 310 g/mol. The van der Waals surface area contributed by atoms with Crippen LogP contribution in [0.4, 0.5) is 0 Å². The number of benzene rings is 1. The maximum atomic E-state index is 12.2. The maximum Gasteiger partial charge on any atom is 0.305 e. The molecule has 1 rings (SSSR count). The smallest absolute Gasteiger partial charge is 0.305 e. The van der Waals surface area contributed by atoms with Crippen molar-refractivity contribution in [3.63, 3.8) is 0 Å². The maximum absolute atomic E-state index is 12.2. The Morgan fingerprint density at radius 3 is 2.52 bits per heavy atom. The highest BCUT2D eigenvalue weighted by molar-refractivity contribution is 8.13. The van der Waals surface area contributed by atoms with Crippen LogP contribution in [0.2, 0.25) is 0 Å². The van der Waals surface area contributed by atoms with Crippen LogP contribution in [-0.2, 0) is 19.1 Å². The van der Waals surface area contributed by atoms with E-state index in [1.807, 2.05) is 37.3 Å². The number of methoxy groups -OCH3 is 1. The first-order chi connectivity index (χ1) is 10.2. The van der Waals surface area contributed by atoms with Crippen LogP contribution in [0.3, 0.4) is 0 Å². The van der Waals surface area contributed by atoms with Gasteiger partial charge in [0.15, 0.2) is 5.12 Å². The summed E-state index contributed by atoms with van der Waals surface area (Å²) in [5.74, 6) is -0.395. The van der Waals surface area contributed by atoms with Crippen molar-refractivity contribution in [3.05, 3.63) is 30.3 Å². The van der Waals surface area contributed by atoms with E-state index in [4.69, 9.17) is 9.47 Å². The van der Waals surface area contributed by atoms with Crippen LogP contribution in [0.1, 0.15) is 26.2 Å². The van der Waals surface area contributed by atoms with Crippen molar-refractivity contribution in [2.24, 2.45) is 5.92 Å². The van der Waals surface area contributed by atoms with Crippen molar-refractivity contribution in [3.8, 4) is 0 Å². The van der Waals surface area contributed by atoms with Crippen molar-refractivity contribution in [2.45, 2.75) is 31.1 Å². The van der Waals surface area contributed by atoms with Crippen LogP contribution in [0.25, 0.3) is 0 Å². The Labute approximate surface area is 130 Å². The summed E-state index contributed by atoms with van der Waals surface area (Å²) in [6, 6.07) is 9.55. The summed E-state index contributed by atoms with van der Waals surface area (Å²) in [6.45, 7) is 2.62. The van der Waals surface area contributed by atoms with Crippen LogP contribution >= 0.6 is 11.8 Å². The highest BCUT2D eigenvalue weighted by Crippen LogP contribution is 2.26. The van der Waals surface area contributed by atoms with Crippen LogP contribution in [-0.4, -0.2) is 31.4 Å². The lowest BCUT2D eigenvalue weighted by atomic mass is 10.0. The molecule has 0 saturated heterocycles. The van der Waals surface area contributed by atoms with Crippen molar-refractivity contribution >= 4 is 22.8 Å². The topological polar surface area (TPSA) is 52.6 Å². The Morgan fingerprint density at radius 2 is 1.90 bits per heavy atom. The molecule has 21 heavy (non-hydrogen) atoms. The number of carbonyl (C=O) groups excluding carboxylic acids is 2. The third kappa shape index (κ3) is 7.29. The van der Waals surface area contributed by atoms with Gasteiger partial charge in [-0.1, -0.05) is 36.9 Å². The van der Waals surface area contributed by atoms with E-state index in [1.54, 1.807) is 7.11 Å². The molecule has 1 atom stereocenters. The summed E-state index contributed by atoms with van der Waals surface area (Å²) in [5.41, 5.74) is 0. The minimum atomic E-state index is -0.275. The fraction of sp³-hybridized carbons (Fsp3) is 0.500. The van der Waals surface area contributed by atoms with Gasteiger partial charge in [0.1, 0.15) is 6.61 Å². The molecule has 0 N–H and O–H groups in total. The van der Waals surface area contributed by atoms with E-state index in [0.29, 0.717) is 13.0 Å². The third-order valence-electron chi connectivity index (χ3n) is 3.04. The molecule has 4 nitrogen and oxygen atoms in total. The van der Waals surface area contributed by atoms with E-state index in [0.717, 1.165) is 11.3 Å². The van der Waals surface area contributed by atoms with Crippen LogP contribution < -0.4 is 0 Å². The number of ether oxygens (including phenoxy) is 2. The zero-order valence-electron chi connectivity index (χ0n) is 12.5. The predicted octanol–water partition coefficient (Wildman–Crippen LogP) is 3.30. The molecule has 0 bridgehead atoms. The SMILES string of the molecule is CC[C@@H](CCC(=O)OCCOC)C(=O)Sc1ccccc1. The molecule has 0 aliphatic carbocycles. The van der Waals surface area contributed by atoms with E-state index in [2.05, 4.69) is 0 Å². The van der Waals surface area contributed by atoms with E-state index >= 15 is 0 Å². The van der Waals surface area contributed by atoms with Gasteiger partial charge in [-0.3, -0.25) is 9.59 Å². The number of hydrogen-bond acceptors (Lipinski definition) is 5. The summed E-state index contributed by atoms with van der Waals surface area (Å²) in [7, 11) is 1.56. The highest BCUT2D eigenvalue weighted by Gasteiger charge is 2.19. The molecule has 0 spiro atoms. The van der Waals surface area contributed by atoms with Gasteiger partial charge in [0, 0.05) is 24.3 Å². The molecule has 0 saturated carbocycles. The largest absolute Gasteiger partial charge is 0.463 e. The molecule has 0 heterocycles. The number of carbonyl (C=O) groups is 2. The molecular weight excluding hydrogens is 288 g/mol. The van der Waals surface area contributed by atoms with Gasteiger partial charge in [-0.2, -0.15) is 0 Å². The Kier molecular flexibility index (Phi) is 8.78. The average molecular weight is 310 g/mol. The highest BCUT2D eigenvalue weighted by atomic mass is 32.2. The Hall–Kier alpha value is -1.33. The number of thioether (sulfide) groups is 1. The second-order valence-electron chi connectivity index (χ2n) is 4.59. The van der Waals surface area contributed by atoms with E-state index in [9.17, 15) is 9.59 Å². The van der Waals surface area contributed by atoms with E-state index in [1.165, 1.54) is 11.8 Å². The Balaban J connectivity index is 2.36. The summed E-state index contributed by atoms with van der Waals surface area (Å²) in [5, 5.41) is 0.105. The number of hydrogen-bond donors (Lipinski definition) is 0. The van der Waals surface area contributed by atoms with Gasteiger partial charge < -0.3 is 9.47 Å². The minimum Gasteiger partial charge on any atom is -0.463 e. The summed E-state index contributed by atoms with van der Waals surface area (Å²) >= 11 is 1.24. The minimum absolute atomic E-state index is 0.105. The van der Waals surface area contributed by atoms with Crippen molar-refractivity contribution in [2.75, 3.05) is 20.3 Å². The Bertz CT molecular complexity index is 433. The fourth-order valence-electron chi connectivity index (χ4n) is 1.78. The van der Waals surface area contributed by atoms with Gasteiger partial charge in [0.25, 0.3) is 0 Å². The van der Waals surface area contributed by atoms with Crippen molar-refractivity contribution < 1.29 is 19.1 Å². The molecule has 5 heteroatoms. The van der Waals surface area contributed by atoms with Crippen molar-refractivity contribution in [1.82, 2.24) is 0 Å².